The summed E-state index contributed by atoms with van der Waals surface area (Å²) in [6, 6.07) is 25.2. The Kier molecular flexibility index (Phi) is 6.43. The lowest BCUT2D eigenvalue weighted by Crippen LogP contribution is -2.31. The SMILES string of the molecule is COc1ccc(NC(=O)C(NC(=O)c2ccccc2)=C(C)c2ccccc2)cc1. The molecule has 0 saturated carbocycles. The molecular formula is C24H22N2O3. The van der Waals surface area contributed by atoms with Gasteiger partial charge in [0.2, 0.25) is 0 Å². The number of rotatable bonds is 6. The highest BCUT2D eigenvalue weighted by atomic mass is 16.5. The topological polar surface area (TPSA) is 67.4 Å². The molecule has 2 N–H and O–H groups in total. The minimum Gasteiger partial charge on any atom is -0.497 e. The van der Waals surface area contributed by atoms with E-state index in [1.54, 1.807) is 55.6 Å². The standard InChI is InChI=1S/C24H22N2O3/c1-17(18-9-5-3-6-10-18)22(26-23(27)19-11-7-4-8-12-19)24(28)25-20-13-15-21(29-2)16-14-20/h3-16H,1-2H3,(H,25,28)(H,26,27). The molecule has 0 aliphatic heterocycles. The third-order valence-electron chi connectivity index (χ3n) is 4.43. The monoisotopic (exact) mass is 386 g/mol. The number of ether oxygens (including phenoxy) is 1. The molecule has 0 heterocycles. The Morgan fingerprint density at radius 3 is 1.86 bits per heavy atom. The zero-order valence-corrected chi connectivity index (χ0v) is 16.3. The van der Waals surface area contributed by atoms with Gasteiger partial charge in [-0.25, -0.2) is 0 Å². The second-order valence-electron chi connectivity index (χ2n) is 6.37. The van der Waals surface area contributed by atoms with Crippen LogP contribution in [0.4, 0.5) is 5.69 Å². The average molecular weight is 386 g/mol. The summed E-state index contributed by atoms with van der Waals surface area (Å²) in [6.45, 7) is 1.81. The maximum absolute atomic E-state index is 13.0. The second kappa shape index (κ2) is 9.37. The Hall–Kier alpha value is -3.86. The number of hydrogen-bond donors (Lipinski definition) is 2. The van der Waals surface area contributed by atoms with Crippen molar-refractivity contribution in [3.8, 4) is 5.75 Å². The van der Waals surface area contributed by atoms with Crippen molar-refractivity contribution in [1.82, 2.24) is 5.32 Å². The van der Waals surface area contributed by atoms with Crippen LogP contribution in [0.15, 0.2) is 90.6 Å². The molecule has 0 saturated heterocycles. The van der Waals surface area contributed by atoms with Gasteiger partial charge in [-0.15, -0.1) is 0 Å². The molecule has 0 bridgehead atoms. The summed E-state index contributed by atoms with van der Waals surface area (Å²) in [7, 11) is 1.58. The molecule has 0 radical (unpaired) electrons. The number of carbonyl (C=O) groups excluding carboxylic acids is 2. The Bertz CT molecular complexity index is 1010. The molecule has 3 aromatic rings. The van der Waals surface area contributed by atoms with Gasteiger partial charge in [0.05, 0.1) is 7.11 Å². The number of carbonyl (C=O) groups is 2. The molecule has 0 aliphatic rings. The Labute approximate surface area is 170 Å². The minimum atomic E-state index is -0.402. The summed E-state index contributed by atoms with van der Waals surface area (Å²) in [5, 5.41) is 5.61. The van der Waals surface area contributed by atoms with Gasteiger partial charge < -0.3 is 15.4 Å². The Morgan fingerprint density at radius 1 is 0.759 bits per heavy atom. The van der Waals surface area contributed by atoms with Crippen LogP contribution in [0.5, 0.6) is 5.75 Å². The summed E-state index contributed by atoms with van der Waals surface area (Å²) in [5.74, 6) is -0.0572. The first kappa shape index (κ1) is 19.9. The Balaban J connectivity index is 1.91. The third-order valence-corrected chi connectivity index (χ3v) is 4.43. The highest BCUT2D eigenvalue weighted by Crippen LogP contribution is 2.20. The lowest BCUT2D eigenvalue weighted by atomic mass is 10.0. The Morgan fingerprint density at radius 2 is 1.31 bits per heavy atom. The van der Waals surface area contributed by atoms with Crippen LogP contribution in [-0.4, -0.2) is 18.9 Å². The molecule has 5 heteroatoms. The van der Waals surface area contributed by atoms with E-state index in [0.717, 1.165) is 5.56 Å². The summed E-state index contributed by atoms with van der Waals surface area (Å²) >= 11 is 0. The zero-order chi connectivity index (χ0) is 20.6. The van der Waals surface area contributed by atoms with Crippen molar-refractivity contribution in [2.75, 3.05) is 12.4 Å². The van der Waals surface area contributed by atoms with E-state index in [9.17, 15) is 9.59 Å². The maximum Gasteiger partial charge on any atom is 0.272 e. The van der Waals surface area contributed by atoms with Crippen molar-refractivity contribution >= 4 is 23.1 Å². The van der Waals surface area contributed by atoms with E-state index >= 15 is 0 Å². The fourth-order valence-electron chi connectivity index (χ4n) is 2.80. The van der Waals surface area contributed by atoms with Crippen molar-refractivity contribution in [3.63, 3.8) is 0 Å². The number of allylic oxidation sites excluding steroid dienone is 1. The van der Waals surface area contributed by atoms with E-state index < -0.39 is 5.91 Å². The second-order valence-corrected chi connectivity index (χ2v) is 6.37. The van der Waals surface area contributed by atoms with E-state index in [1.807, 2.05) is 43.3 Å². The third kappa shape index (κ3) is 5.11. The fourth-order valence-corrected chi connectivity index (χ4v) is 2.80. The number of methoxy groups -OCH3 is 1. The molecule has 0 unspecified atom stereocenters. The number of nitrogens with one attached hydrogen (secondary N) is 2. The minimum absolute atomic E-state index is 0.195. The van der Waals surface area contributed by atoms with Crippen LogP contribution in [0, 0.1) is 0 Å². The predicted octanol–water partition coefficient (Wildman–Crippen LogP) is 4.49. The van der Waals surface area contributed by atoms with Crippen LogP contribution in [-0.2, 0) is 4.79 Å². The largest absolute Gasteiger partial charge is 0.497 e. The molecule has 0 aliphatic carbocycles. The van der Waals surface area contributed by atoms with Gasteiger partial charge in [-0.1, -0.05) is 48.5 Å². The van der Waals surface area contributed by atoms with E-state index in [1.165, 1.54) is 0 Å². The van der Waals surface area contributed by atoms with Crippen molar-refractivity contribution in [3.05, 3.63) is 102 Å². The summed E-state index contributed by atoms with van der Waals surface area (Å²) in [4.78, 5) is 25.7. The van der Waals surface area contributed by atoms with Crippen LogP contribution in [0.3, 0.4) is 0 Å². The molecule has 0 atom stereocenters. The van der Waals surface area contributed by atoms with E-state index in [0.29, 0.717) is 22.6 Å². The number of hydrogen-bond acceptors (Lipinski definition) is 3. The summed E-state index contributed by atoms with van der Waals surface area (Å²) in [6.07, 6.45) is 0. The van der Waals surface area contributed by atoms with Crippen LogP contribution >= 0.6 is 0 Å². The molecule has 3 rings (SSSR count). The molecule has 2 amide bonds. The molecule has 3 aromatic carbocycles. The van der Waals surface area contributed by atoms with Crippen LogP contribution in [0.2, 0.25) is 0 Å². The molecule has 0 spiro atoms. The van der Waals surface area contributed by atoms with Crippen molar-refractivity contribution < 1.29 is 14.3 Å². The normalized spacial score (nSPS) is 11.2. The molecule has 0 fully saturated rings. The number of benzene rings is 3. The van der Waals surface area contributed by atoms with Gasteiger partial charge in [-0.2, -0.15) is 0 Å². The maximum atomic E-state index is 13.0. The smallest absolute Gasteiger partial charge is 0.272 e. The van der Waals surface area contributed by atoms with Gasteiger partial charge in [0.15, 0.2) is 0 Å². The summed E-state index contributed by atoms with van der Waals surface area (Å²) < 4.78 is 5.14. The highest BCUT2D eigenvalue weighted by Gasteiger charge is 2.18. The van der Waals surface area contributed by atoms with Crippen molar-refractivity contribution in [2.45, 2.75) is 6.92 Å². The zero-order valence-electron chi connectivity index (χ0n) is 16.3. The van der Waals surface area contributed by atoms with Gasteiger partial charge in [-0.3, -0.25) is 9.59 Å². The first-order valence-corrected chi connectivity index (χ1v) is 9.16. The summed E-state index contributed by atoms with van der Waals surface area (Å²) in [5.41, 5.74) is 2.79. The van der Waals surface area contributed by atoms with Crippen LogP contribution in [0.1, 0.15) is 22.8 Å². The van der Waals surface area contributed by atoms with Crippen LogP contribution in [0.25, 0.3) is 5.57 Å². The van der Waals surface area contributed by atoms with Crippen LogP contribution < -0.4 is 15.4 Å². The molecule has 146 valence electrons. The molecule has 29 heavy (non-hydrogen) atoms. The quantitative estimate of drug-likeness (QED) is 0.613. The average Bonchev–Trinajstić information content (AvgIpc) is 2.78. The van der Waals surface area contributed by atoms with Gasteiger partial charge in [-0.05, 0) is 54.5 Å². The fraction of sp³-hybridized carbons (Fsp3) is 0.0833. The number of anilines is 1. The van der Waals surface area contributed by atoms with Gasteiger partial charge >= 0.3 is 0 Å². The van der Waals surface area contributed by atoms with Gasteiger partial charge in [0.25, 0.3) is 11.8 Å². The molecular weight excluding hydrogens is 364 g/mol. The van der Waals surface area contributed by atoms with Gasteiger partial charge in [0, 0.05) is 11.3 Å². The first-order chi connectivity index (χ1) is 14.1. The number of amides is 2. The predicted molar refractivity (Wildman–Crippen MR) is 115 cm³/mol. The molecule has 5 nitrogen and oxygen atoms in total. The first-order valence-electron chi connectivity index (χ1n) is 9.16. The lowest BCUT2D eigenvalue weighted by molar-refractivity contribution is -0.113. The molecule has 0 aromatic heterocycles. The van der Waals surface area contributed by atoms with E-state index in [4.69, 9.17) is 4.74 Å². The van der Waals surface area contributed by atoms with Crippen molar-refractivity contribution in [1.29, 1.82) is 0 Å². The van der Waals surface area contributed by atoms with E-state index in [2.05, 4.69) is 10.6 Å². The lowest BCUT2D eigenvalue weighted by Gasteiger charge is -2.15. The van der Waals surface area contributed by atoms with E-state index in [-0.39, 0.29) is 11.6 Å². The van der Waals surface area contributed by atoms with Gasteiger partial charge in [0.1, 0.15) is 11.4 Å². The van der Waals surface area contributed by atoms with Crippen molar-refractivity contribution in [2.24, 2.45) is 0 Å². The highest BCUT2D eigenvalue weighted by molar-refractivity contribution is 6.12.